The quantitative estimate of drug-likeness (QED) is 0.178. The maximum Gasteiger partial charge on any atom is 0.172 e. The topological polar surface area (TPSA) is 65.8 Å². The Bertz CT molecular complexity index is 1250. The summed E-state index contributed by atoms with van der Waals surface area (Å²) < 4.78 is 59.8. The first-order valence-corrected chi connectivity index (χ1v) is 13.6. The zero-order valence-corrected chi connectivity index (χ0v) is 22.0. The van der Waals surface area contributed by atoms with Crippen LogP contribution in [-0.4, -0.2) is 59.2 Å². The Kier molecular flexibility index (Phi) is 9.51. The Labute approximate surface area is 223 Å². The number of alkyl halides is 1. The Morgan fingerprint density at radius 3 is 2.61 bits per heavy atom. The van der Waals surface area contributed by atoms with Gasteiger partial charge in [-0.1, -0.05) is 0 Å². The molecule has 3 aromatic rings. The first-order chi connectivity index (χ1) is 18.3. The average Bonchev–Trinajstić information content (AvgIpc) is 2.94. The van der Waals surface area contributed by atoms with E-state index in [4.69, 9.17) is 4.74 Å². The number of likely N-dealkylation sites (tertiary alicyclic amines) is 1. The largest absolute Gasteiger partial charge is 0.497 e. The van der Waals surface area contributed by atoms with E-state index in [1.54, 1.807) is 25.3 Å². The number of methoxy groups -OCH3 is 1. The molecule has 0 spiro atoms. The normalized spacial score (nSPS) is 16.6. The molecular formula is C28H32F4N2O3S. The number of ether oxygens (including phenoxy) is 1. The van der Waals surface area contributed by atoms with Crippen LogP contribution in [0, 0.1) is 22.9 Å². The lowest BCUT2D eigenvalue weighted by molar-refractivity contribution is 0.0253. The molecule has 1 aliphatic heterocycles. The van der Waals surface area contributed by atoms with Crippen LogP contribution in [0.3, 0.4) is 0 Å². The fraction of sp³-hybridized carbons (Fsp3) is 0.464. The van der Waals surface area contributed by atoms with Gasteiger partial charge in [0.25, 0.3) is 0 Å². The summed E-state index contributed by atoms with van der Waals surface area (Å²) in [6.07, 6.45) is 2.83. The average molecular weight is 553 g/mol. The van der Waals surface area contributed by atoms with Crippen molar-refractivity contribution in [1.29, 1.82) is 0 Å². The lowest BCUT2D eigenvalue weighted by atomic mass is 9.74. The van der Waals surface area contributed by atoms with Gasteiger partial charge in [0, 0.05) is 47.0 Å². The van der Waals surface area contributed by atoms with E-state index >= 15 is 0 Å². The number of aromatic nitrogens is 1. The molecule has 0 unspecified atom stereocenters. The zero-order chi connectivity index (χ0) is 27.3. The minimum absolute atomic E-state index is 0.0308. The molecule has 1 aliphatic rings. The summed E-state index contributed by atoms with van der Waals surface area (Å²) in [5.74, 6) is -1.99. The van der Waals surface area contributed by atoms with E-state index in [1.165, 1.54) is 6.20 Å². The number of halogens is 4. The van der Waals surface area contributed by atoms with Gasteiger partial charge in [-0.3, -0.25) is 4.98 Å². The molecule has 10 heteroatoms. The first-order valence-electron chi connectivity index (χ1n) is 12.6. The number of pyridine rings is 1. The Hall–Kier alpha value is -2.40. The van der Waals surface area contributed by atoms with Crippen LogP contribution in [0.2, 0.25) is 0 Å². The predicted octanol–water partition coefficient (Wildman–Crippen LogP) is 5.81. The summed E-state index contributed by atoms with van der Waals surface area (Å²) >= 11 is 1.07. The third kappa shape index (κ3) is 6.42. The molecule has 2 heterocycles. The minimum atomic E-state index is -1.20. The molecule has 206 valence electrons. The summed E-state index contributed by atoms with van der Waals surface area (Å²) in [5.41, 5.74) is 1.10. The second kappa shape index (κ2) is 12.6. The highest BCUT2D eigenvalue weighted by Crippen LogP contribution is 2.40. The molecule has 4 rings (SSSR count). The molecular weight excluding hydrogens is 520 g/mol. The fourth-order valence-corrected chi connectivity index (χ4v) is 6.10. The van der Waals surface area contributed by atoms with Gasteiger partial charge >= 0.3 is 0 Å². The maximum atomic E-state index is 13.9. The third-order valence-corrected chi connectivity index (χ3v) is 8.50. The predicted molar refractivity (Wildman–Crippen MR) is 140 cm³/mol. The lowest BCUT2D eigenvalue weighted by Crippen LogP contribution is -2.43. The summed E-state index contributed by atoms with van der Waals surface area (Å²) in [7, 11) is 1.54. The highest BCUT2D eigenvalue weighted by atomic mass is 32.2. The standard InChI is InChI=1S/C28H32F4N2O3S/c1-37-20-2-3-23-21(14-20)26(18(15-29)16-33-23)24(36)4-5-28(17-35)6-8-34(9-7-28)10-11-38-25-13-19(30)12-22(31)27(25)32/h2-3,12-14,16,24,35-36H,4-11,15,17H2,1H3/t24-/m0/s1. The van der Waals surface area contributed by atoms with Gasteiger partial charge in [0.2, 0.25) is 0 Å². The van der Waals surface area contributed by atoms with E-state index in [9.17, 15) is 27.8 Å². The molecule has 0 bridgehead atoms. The van der Waals surface area contributed by atoms with E-state index in [1.807, 2.05) is 0 Å². The molecule has 2 aromatic carbocycles. The number of fused-ring (bicyclic) bond motifs is 1. The highest BCUT2D eigenvalue weighted by Gasteiger charge is 2.34. The zero-order valence-electron chi connectivity index (χ0n) is 21.2. The molecule has 1 aromatic heterocycles. The van der Waals surface area contributed by atoms with Crippen molar-refractivity contribution in [2.45, 2.75) is 43.4 Å². The molecule has 38 heavy (non-hydrogen) atoms. The van der Waals surface area contributed by atoms with Crippen LogP contribution in [-0.2, 0) is 6.67 Å². The maximum absolute atomic E-state index is 13.9. The SMILES string of the molecule is COc1ccc2ncc(CF)c([C@@H](O)CCC3(CO)CCN(CCSc4cc(F)cc(F)c4F)CC3)c2c1. The summed E-state index contributed by atoms with van der Waals surface area (Å²) in [6, 6.07) is 6.82. The van der Waals surface area contributed by atoms with Crippen molar-refractivity contribution >= 4 is 22.7 Å². The van der Waals surface area contributed by atoms with Crippen LogP contribution >= 0.6 is 11.8 Å². The van der Waals surface area contributed by atoms with E-state index in [-0.39, 0.29) is 16.9 Å². The second-order valence-corrected chi connectivity index (χ2v) is 11.0. The van der Waals surface area contributed by atoms with E-state index in [2.05, 4.69) is 9.88 Å². The van der Waals surface area contributed by atoms with E-state index in [0.717, 1.165) is 17.8 Å². The number of benzene rings is 2. The number of thioether (sulfide) groups is 1. The van der Waals surface area contributed by atoms with Crippen molar-refractivity contribution in [2.24, 2.45) is 5.41 Å². The van der Waals surface area contributed by atoms with Gasteiger partial charge in [0.15, 0.2) is 11.6 Å². The van der Waals surface area contributed by atoms with E-state index in [0.29, 0.717) is 84.9 Å². The molecule has 1 saturated heterocycles. The van der Waals surface area contributed by atoms with Crippen molar-refractivity contribution in [3.63, 3.8) is 0 Å². The van der Waals surface area contributed by atoms with Crippen LogP contribution in [0.4, 0.5) is 17.6 Å². The van der Waals surface area contributed by atoms with Gasteiger partial charge in [0.05, 0.1) is 18.7 Å². The molecule has 0 amide bonds. The summed E-state index contributed by atoms with van der Waals surface area (Å²) in [4.78, 5) is 6.43. The monoisotopic (exact) mass is 552 g/mol. The number of aliphatic hydroxyl groups excluding tert-OH is 2. The molecule has 2 N–H and O–H groups in total. The number of rotatable bonds is 11. The lowest BCUT2D eigenvalue weighted by Gasteiger charge is -2.41. The Balaban J connectivity index is 1.35. The Morgan fingerprint density at radius 2 is 1.92 bits per heavy atom. The molecule has 1 atom stereocenters. The number of nitrogens with zero attached hydrogens (tertiary/aromatic N) is 2. The van der Waals surface area contributed by atoms with Gasteiger partial charge in [-0.2, -0.15) is 0 Å². The summed E-state index contributed by atoms with van der Waals surface area (Å²) in [5, 5.41) is 22.1. The number of aliphatic hydroxyl groups is 2. The number of hydrogen-bond donors (Lipinski definition) is 2. The van der Waals surface area contributed by atoms with Crippen molar-refractivity contribution in [3.05, 3.63) is 65.1 Å². The van der Waals surface area contributed by atoms with Crippen LogP contribution in [0.5, 0.6) is 5.75 Å². The van der Waals surface area contributed by atoms with Gasteiger partial charge < -0.3 is 19.8 Å². The van der Waals surface area contributed by atoms with Crippen molar-refractivity contribution in [2.75, 3.05) is 39.1 Å². The molecule has 5 nitrogen and oxygen atoms in total. The van der Waals surface area contributed by atoms with Crippen LogP contribution in [0.25, 0.3) is 10.9 Å². The van der Waals surface area contributed by atoms with Crippen LogP contribution < -0.4 is 4.74 Å². The number of piperidine rings is 1. The van der Waals surface area contributed by atoms with Crippen molar-refractivity contribution in [3.8, 4) is 5.75 Å². The van der Waals surface area contributed by atoms with Gasteiger partial charge in [-0.15, -0.1) is 11.8 Å². The minimum Gasteiger partial charge on any atom is -0.497 e. The summed E-state index contributed by atoms with van der Waals surface area (Å²) in [6.45, 7) is 1.22. The fourth-order valence-electron chi connectivity index (χ4n) is 5.11. The molecule has 0 radical (unpaired) electrons. The van der Waals surface area contributed by atoms with Crippen LogP contribution in [0.15, 0.2) is 41.4 Å². The van der Waals surface area contributed by atoms with Gasteiger partial charge in [-0.25, -0.2) is 17.6 Å². The first kappa shape index (κ1) is 28.6. The van der Waals surface area contributed by atoms with Crippen molar-refractivity contribution < 1.29 is 32.5 Å². The van der Waals surface area contributed by atoms with Crippen LogP contribution in [0.1, 0.15) is 42.9 Å². The smallest absolute Gasteiger partial charge is 0.172 e. The van der Waals surface area contributed by atoms with Gasteiger partial charge in [0.1, 0.15) is 18.2 Å². The van der Waals surface area contributed by atoms with Gasteiger partial charge in [-0.05, 0) is 74.0 Å². The molecule has 0 saturated carbocycles. The van der Waals surface area contributed by atoms with E-state index < -0.39 is 30.2 Å². The third-order valence-electron chi connectivity index (χ3n) is 7.50. The molecule has 1 fully saturated rings. The van der Waals surface area contributed by atoms with Crippen molar-refractivity contribution in [1.82, 2.24) is 9.88 Å². The Morgan fingerprint density at radius 1 is 1.16 bits per heavy atom. The molecule has 0 aliphatic carbocycles. The highest BCUT2D eigenvalue weighted by molar-refractivity contribution is 7.99. The second-order valence-electron chi connectivity index (χ2n) is 9.82. The number of hydrogen-bond acceptors (Lipinski definition) is 6.